The van der Waals surface area contributed by atoms with Gasteiger partial charge in [-0.3, -0.25) is 5.43 Å². The monoisotopic (exact) mass is 290 g/mol. The molecule has 5 nitrogen and oxygen atoms in total. The number of nitrogens with one attached hydrogen (secondary N) is 3. The minimum Gasteiger partial charge on any atom is -0.334 e. The summed E-state index contributed by atoms with van der Waals surface area (Å²) in [5, 5.41) is 3.69. The summed E-state index contributed by atoms with van der Waals surface area (Å²) in [6.07, 6.45) is 5.85. The van der Waals surface area contributed by atoms with Gasteiger partial charge in [0.25, 0.3) is 0 Å². The molecule has 2 aromatic rings. The van der Waals surface area contributed by atoms with E-state index in [1.54, 1.807) is 0 Å². The molecule has 3 N–H and O–H groups in total. The van der Waals surface area contributed by atoms with Crippen LogP contribution in [-0.4, -0.2) is 17.1 Å². The number of hydrogen-bond donors (Lipinski definition) is 3. The van der Waals surface area contributed by atoms with Crippen LogP contribution in [0.15, 0.2) is 24.3 Å². The highest BCUT2D eigenvalue weighted by molar-refractivity contribution is 7.22. The van der Waals surface area contributed by atoms with Crippen molar-refractivity contribution in [3.63, 3.8) is 0 Å². The zero-order valence-corrected chi connectivity index (χ0v) is 12.0. The van der Waals surface area contributed by atoms with Crippen molar-refractivity contribution >= 4 is 32.7 Å². The molecule has 1 aliphatic rings. The van der Waals surface area contributed by atoms with E-state index in [4.69, 9.17) is 0 Å². The summed E-state index contributed by atoms with van der Waals surface area (Å²) in [6.45, 7) is 0. The highest BCUT2D eigenvalue weighted by Gasteiger charge is 2.15. The molecule has 20 heavy (non-hydrogen) atoms. The summed E-state index contributed by atoms with van der Waals surface area (Å²) in [7, 11) is 0. The van der Waals surface area contributed by atoms with Crippen LogP contribution in [0.1, 0.15) is 32.1 Å². The van der Waals surface area contributed by atoms with E-state index >= 15 is 0 Å². The number of nitrogens with zero attached hydrogens (tertiary/aromatic N) is 1. The van der Waals surface area contributed by atoms with Crippen LogP contribution in [0.25, 0.3) is 10.2 Å². The SMILES string of the molecule is O=C(NNc1nc2ccccc2s1)NC1CCCCC1. The van der Waals surface area contributed by atoms with Gasteiger partial charge in [0.05, 0.1) is 10.2 Å². The molecule has 1 fully saturated rings. The van der Waals surface area contributed by atoms with Crippen LogP contribution >= 0.6 is 11.3 Å². The summed E-state index contributed by atoms with van der Waals surface area (Å²) in [4.78, 5) is 16.2. The number of rotatable bonds is 3. The lowest BCUT2D eigenvalue weighted by molar-refractivity contribution is 0.234. The summed E-state index contributed by atoms with van der Waals surface area (Å²) >= 11 is 1.52. The number of urea groups is 1. The van der Waals surface area contributed by atoms with Gasteiger partial charge in [-0.05, 0) is 25.0 Å². The molecule has 1 aromatic carbocycles. The van der Waals surface area contributed by atoms with E-state index in [9.17, 15) is 4.79 Å². The van der Waals surface area contributed by atoms with E-state index in [0.717, 1.165) is 23.1 Å². The van der Waals surface area contributed by atoms with Crippen molar-refractivity contribution < 1.29 is 4.79 Å². The normalized spacial score (nSPS) is 16.0. The number of thiazole rings is 1. The molecule has 1 heterocycles. The number of fused-ring (bicyclic) bond motifs is 1. The van der Waals surface area contributed by atoms with Crippen LogP contribution in [0.3, 0.4) is 0 Å². The van der Waals surface area contributed by atoms with Crippen molar-refractivity contribution in [2.24, 2.45) is 0 Å². The molecule has 6 heteroatoms. The standard InChI is InChI=1S/C14H18N4OS/c19-13(15-10-6-2-1-3-7-10)17-18-14-16-11-8-4-5-9-12(11)20-14/h4-5,8-10H,1-3,6-7H2,(H,16,18)(H2,15,17,19). The molecule has 2 amide bonds. The van der Waals surface area contributed by atoms with Crippen LogP contribution in [-0.2, 0) is 0 Å². The Labute approximate surface area is 121 Å². The molecule has 0 aliphatic heterocycles. The van der Waals surface area contributed by atoms with Crippen molar-refractivity contribution in [3.8, 4) is 0 Å². The van der Waals surface area contributed by atoms with Gasteiger partial charge in [-0.1, -0.05) is 42.7 Å². The van der Waals surface area contributed by atoms with Crippen molar-refractivity contribution in [1.82, 2.24) is 15.7 Å². The molecule has 1 aliphatic carbocycles. The number of anilines is 1. The van der Waals surface area contributed by atoms with Crippen LogP contribution in [0.2, 0.25) is 0 Å². The van der Waals surface area contributed by atoms with Crippen LogP contribution in [0.4, 0.5) is 9.93 Å². The summed E-state index contributed by atoms with van der Waals surface area (Å²) in [5.74, 6) is 0. The van der Waals surface area contributed by atoms with Crippen molar-refractivity contribution in [1.29, 1.82) is 0 Å². The van der Waals surface area contributed by atoms with Crippen LogP contribution in [0, 0.1) is 0 Å². The summed E-state index contributed by atoms with van der Waals surface area (Å²) in [6, 6.07) is 8.03. The lowest BCUT2D eigenvalue weighted by atomic mass is 9.96. The zero-order valence-electron chi connectivity index (χ0n) is 11.2. The fourth-order valence-electron chi connectivity index (χ4n) is 2.50. The first-order valence-electron chi connectivity index (χ1n) is 6.99. The second-order valence-corrected chi connectivity index (χ2v) is 6.08. The molecule has 0 atom stereocenters. The number of aromatic nitrogens is 1. The maximum atomic E-state index is 11.8. The Hall–Kier alpha value is -1.82. The number of amides is 2. The third-order valence-corrected chi connectivity index (χ3v) is 4.47. The number of benzene rings is 1. The highest BCUT2D eigenvalue weighted by atomic mass is 32.1. The first-order valence-corrected chi connectivity index (χ1v) is 7.81. The first kappa shape index (κ1) is 13.2. The number of hydrazine groups is 1. The van der Waals surface area contributed by atoms with Gasteiger partial charge < -0.3 is 5.32 Å². The van der Waals surface area contributed by atoms with E-state index in [0.29, 0.717) is 11.2 Å². The van der Waals surface area contributed by atoms with Crippen molar-refractivity contribution in [3.05, 3.63) is 24.3 Å². The van der Waals surface area contributed by atoms with Crippen molar-refractivity contribution in [2.75, 3.05) is 5.43 Å². The molecule has 3 rings (SSSR count). The van der Waals surface area contributed by atoms with Gasteiger partial charge in [-0.15, -0.1) is 0 Å². The van der Waals surface area contributed by atoms with E-state index in [1.807, 2.05) is 24.3 Å². The lowest BCUT2D eigenvalue weighted by Gasteiger charge is -2.22. The Morgan fingerprint density at radius 3 is 2.80 bits per heavy atom. The Morgan fingerprint density at radius 2 is 2.00 bits per heavy atom. The Bertz CT molecular complexity index is 559. The van der Waals surface area contributed by atoms with Crippen LogP contribution in [0.5, 0.6) is 0 Å². The predicted molar refractivity (Wildman–Crippen MR) is 81.8 cm³/mol. The topological polar surface area (TPSA) is 66.0 Å². The Balaban J connectivity index is 1.51. The van der Waals surface area contributed by atoms with Gasteiger partial charge in [-0.2, -0.15) is 0 Å². The third kappa shape index (κ3) is 3.19. The second kappa shape index (κ2) is 6.09. The molecule has 0 unspecified atom stereocenters. The van der Waals surface area contributed by atoms with Gasteiger partial charge in [0.2, 0.25) is 5.13 Å². The first-order chi connectivity index (χ1) is 9.81. The van der Waals surface area contributed by atoms with Gasteiger partial charge in [0, 0.05) is 6.04 Å². The maximum absolute atomic E-state index is 11.8. The minimum atomic E-state index is -0.184. The Kier molecular flexibility index (Phi) is 4.01. The second-order valence-electron chi connectivity index (χ2n) is 5.05. The molecule has 0 saturated heterocycles. The van der Waals surface area contributed by atoms with Gasteiger partial charge in [0.1, 0.15) is 0 Å². The highest BCUT2D eigenvalue weighted by Crippen LogP contribution is 2.24. The van der Waals surface area contributed by atoms with Gasteiger partial charge >= 0.3 is 6.03 Å². The molecule has 0 spiro atoms. The van der Waals surface area contributed by atoms with Gasteiger partial charge in [0.15, 0.2) is 0 Å². The van der Waals surface area contributed by atoms with E-state index in [2.05, 4.69) is 21.2 Å². The predicted octanol–water partition coefficient (Wildman–Crippen LogP) is 3.26. The van der Waals surface area contributed by atoms with E-state index in [-0.39, 0.29) is 6.03 Å². The zero-order chi connectivity index (χ0) is 13.8. The lowest BCUT2D eigenvalue weighted by Crippen LogP contribution is -2.44. The largest absolute Gasteiger partial charge is 0.334 e. The fraction of sp³-hybridized carbons (Fsp3) is 0.429. The molecule has 106 valence electrons. The summed E-state index contributed by atoms with van der Waals surface area (Å²) in [5.41, 5.74) is 6.46. The molecule has 0 radical (unpaired) electrons. The maximum Gasteiger partial charge on any atom is 0.333 e. The molecule has 0 bridgehead atoms. The average Bonchev–Trinajstić information content (AvgIpc) is 2.89. The number of carbonyl (C=O) groups is 1. The van der Waals surface area contributed by atoms with Crippen molar-refractivity contribution in [2.45, 2.75) is 38.1 Å². The third-order valence-electron chi connectivity index (χ3n) is 3.52. The molecular formula is C14H18N4OS. The average molecular weight is 290 g/mol. The number of para-hydroxylation sites is 1. The van der Waals surface area contributed by atoms with Gasteiger partial charge in [-0.25, -0.2) is 15.2 Å². The number of carbonyl (C=O) groups excluding carboxylic acids is 1. The fourth-order valence-corrected chi connectivity index (χ4v) is 3.32. The molecular weight excluding hydrogens is 272 g/mol. The quantitative estimate of drug-likeness (QED) is 0.760. The summed E-state index contributed by atoms with van der Waals surface area (Å²) < 4.78 is 1.10. The van der Waals surface area contributed by atoms with Crippen LogP contribution < -0.4 is 16.2 Å². The number of hydrogen-bond acceptors (Lipinski definition) is 4. The smallest absolute Gasteiger partial charge is 0.333 e. The molecule has 1 saturated carbocycles. The minimum absolute atomic E-state index is 0.184. The van der Waals surface area contributed by atoms with E-state index < -0.39 is 0 Å². The molecule has 1 aromatic heterocycles. The van der Waals surface area contributed by atoms with E-state index in [1.165, 1.54) is 30.6 Å². The Morgan fingerprint density at radius 1 is 1.20 bits per heavy atom.